The number of aryl methyl sites for hydroxylation is 3. The van der Waals surface area contributed by atoms with Gasteiger partial charge in [0, 0.05) is 87.6 Å². The largest absolute Gasteiger partial charge is 0.507 e. The molecule has 34 heteroatoms. The van der Waals surface area contributed by atoms with Crippen molar-refractivity contribution in [3.63, 3.8) is 0 Å². The van der Waals surface area contributed by atoms with Crippen LogP contribution in [0.2, 0.25) is 0 Å². The van der Waals surface area contributed by atoms with Crippen LogP contribution in [0.5, 0.6) is 17.2 Å². The van der Waals surface area contributed by atoms with Crippen molar-refractivity contribution in [2.24, 2.45) is 5.92 Å². The molecule has 25 nitrogen and oxygen atoms in total. The van der Waals surface area contributed by atoms with Crippen LogP contribution in [-0.2, 0) is 24.0 Å². The number of halogens is 9. The SMILES string of the molecule is C=CC(=O)N1C[C@@H]2C(=O)N(C)c3c(c4cc(F)c(-c5c(O)cccc5F)c(F)c4n(-c4c(C)ccnc4C(C)C)c3=O)N2C[C@H]1C.C=CC(=O)N1C[C@@H]2C(=O)N(C)c3c(c4cc(F)c(-c5c(O)cccc5F)c(F)c4n(-c4c(C)ccnc4C(C)C)c3=O)N2C[C@H]1C.Cc1ccnc(C(C)C)c1-n1c(=O)c2c(c3cc(F)c(-c4c(O)cccc4F)c(F)c31)N1C[C@@H](C)CC[C@@H]1C(=O)N2C. The van der Waals surface area contributed by atoms with Gasteiger partial charge in [0.25, 0.3) is 28.5 Å². The number of carbonyl (C=O) groups is 5. The molecule has 0 bridgehead atoms. The molecule has 694 valence electrons. The van der Waals surface area contributed by atoms with Crippen molar-refractivity contribution >= 4 is 96.4 Å². The predicted octanol–water partition coefficient (Wildman–Crippen LogP) is 16.5. The van der Waals surface area contributed by atoms with Crippen LogP contribution < -0.4 is 46.1 Å². The number of hydrogen-bond donors (Lipinski definition) is 3. The molecule has 0 aliphatic carbocycles. The summed E-state index contributed by atoms with van der Waals surface area (Å²) in [5.74, 6) is -14.9. The fourth-order valence-electron chi connectivity index (χ4n) is 19.9. The van der Waals surface area contributed by atoms with Crippen LogP contribution >= 0.6 is 0 Å². The summed E-state index contributed by atoms with van der Waals surface area (Å²) in [7, 11) is 4.32. The van der Waals surface area contributed by atoms with Gasteiger partial charge >= 0.3 is 0 Å². The molecule has 5 amide bonds. The third-order valence-electron chi connectivity index (χ3n) is 26.3. The highest BCUT2D eigenvalue weighted by Gasteiger charge is 2.51. The number of fused-ring (bicyclic) bond motifs is 15. The standard InChI is InChI=1S/2C34H32F3N5O4.C32H31F3N4O3/c2*1-7-24(44)40-15-22-33(45)39(6)32-31(41(22)14-18(40)5)19-13-21(36)26(25-20(35)9-8-10-23(25)43)27(37)30(19)42(34(32)46)29-17(4)11-12-38-28(29)16(2)3;1-15(2)26-27(17(4)11-12-36-26)39-28-18(13-20(34)24(25(28)35)23-19(33)7-6-8-22(23)40)29-30(32(39)42)37(5)31(41)21-10-9-16(3)14-38(21)29/h2*7-13,16,18,22,43H,1,14-15H2,2-6H3;6-8,11-13,15-16,21,40H,9-10,14H2,1-5H3/t2*18-,22-;16-,21+/m110/s1. The van der Waals surface area contributed by atoms with E-state index < -0.39 is 162 Å². The first-order valence-electron chi connectivity index (χ1n) is 43.6. The van der Waals surface area contributed by atoms with E-state index in [0.717, 1.165) is 96.7 Å². The van der Waals surface area contributed by atoms with Crippen LogP contribution in [0.3, 0.4) is 0 Å². The Hall–Kier alpha value is -14.6. The maximum atomic E-state index is 17.2. The van der Waals surface area contributed by atoms with Gasteiger partial charge in [-0.2, -0.15) is 0 Å². The van der Waals surface area contributed by atoms with Crippen molar-refractivity contribution in [3.8, 4) is 67.7 Å². The minimum Gasteiger partial charge on any atom is -0.507 e. The highest BCUT2D eigenvalue weighted by atomic mass is 19.2. The second-order valence-electron chi connectivity index (χ2n) is 35.8. The van der Waals surface area contributed by atoms with E-state index in [9.17, 15) is 53.7 Å². The first-order valence-corrected chi connectivity index (χ1v) is 43.6. The maximum Gasteiger partial charge on any atom is 0.281 e. The summed E-state index contributed by atoms with van der Waals surface area (Å²) in [6.45, 7) is 29.4. The summed E-state index contributed by atoms with van der Waals surface area (Å²) in [6, 6.07) is 14.6. The first-order chi connectivity index (χ1) is 63.5. The Balaban J connectivity index is 0.000000146. The molecule has 6 aliphatic heterocycles. The van der Waals surface area contributed by atoms with Crippen molar-refractivity contribution in [1.82, 2.24) is 38.5 Å². The van der Waals surface area contributed by atoms with Gasteiger partial charge in [-0.3, -0.25) is 67.0 Å². The number of phenols is 3. The number of nitrogens with zero attached hydrogens (tertiary/aromatic N) is 14. The quantitative estimate of drug-likeness (QED) is 0.0801. The molecule has 0 spiro atoms. The van der Waals surface area contributed by atoms with E-state index >= 15 is 39.5 Å². The van der Waals surface area contributed by atoms with Gasteiger partial charge in [-0.15, -0.1) is 0 Å². The Bertz CT molecular complexity index is 6930. The summed E-state index contributed by atoms with van der Waals surface area (Å²) in [4.78, 5) is 136. The summed E-state index contributed by atoms with van der Waals surface area (Å²) in [5.41, 5.74) is -3.67. The molecule has 0 radical (unpaired) electrons. The lowest BCUT2D eigenvalue weighted by molar-refractivity contribution is -0.132. The van der Waals surface area contributed by atoms with Gasteiger partial charge in [-0.25, -0.2) is 39.5 Å². The van der Waals surface area contributed by atoms with Gasteiger partial charge in [0.05, 0.1) is 114 Å². The number of anilines is 6. The third-order valence-corrected chi connectivity index (χ3v) is 26.3. The minimum atomic E-state index is -1.28. The highest BCUT2D eigenvalue weighted by molar-refractivity contribution is 6.16. The number of piperazine rings is 2. The second-order valence-corrected chi connectivity index (χ2v) is 35.8. The number of carbonyl (C=O) groups excluding carboxylic acids is 5. The average molecular weight is 1840 g/mol. The number of pyridine rings is 6. The monoisotopic (exact) mass is 1840 g/mol. The first kappa shape index (κ1) is 92.7. The van der Waals surface area contributed by atoms with Gasteiger partial charge in [0.1, 0.15) is 87.3 Å². The molecule has 6 aromatic carbocycles. The zero-order valence-corrected chi connectivity index (χ0v) is 75.9. The van der Waals surface area contributed by atoms with Crippen LogP contribution in [0.15, 0.2) is 149 Å². The molecule has 3 saturated heterocycles. The number of aromatic hydroxyl groups is 3. The van der Waals surface area contributed by atoms with Crippen LogP contribution in [-0.4, -0.2) is 167 Å². The van der Waals surface area contributed by atoms with Crippen molar-refractivity contribution in [1.29, 1.82) is 0 Å². The molecular weight excluding hydrogens is 1740 g/mol. The van der Waals surface area contributed by atoms with Crippen LogP contribution in [0.25, 0.3) is 83.2 Å². The maximum absolute atomic E-state index is 17.2. The fraction of sp³-hybridized carbons (Fsp3) is 0.310. The Morgan fingerprint density at radius 2 is 0.664 bits per heavy atom. The van der Waals surface area contributed by atoms with Crippen LogP contribution in [0.4, 0.5) is 73.6 Å². The fourth-order valence-corrected chi connectivity index (χ4v) is 19.9. The average Bonchev–Trinajstić information content (AvgIpc) is 0.697. The molecule has 6 aromatic heterocycles. The molecule has 3 fully saturated rings. The molecular formula is C100H95F9N14O11. The Morgan fingerprint density at radius 3 is 0.940 bits per heavy atom. The summed E-state index contributed by atoms with van der Waals surface area (Å²) in [6.07, 6.45) is 8.33. The zero-order chi connectivity index (χ0) is 96.9. The molecule has 0 saturated carbocycles. The number of likely N-dealkylation sites (N-methyl/N-ethyl adjacent to an activating group) is 3. The lowest BCUT2D eigenvalue weighted by Crippen LogP contribution is -2.66. The molecule has 6 atom stereocenters. The molecule has 12 aromatic rings. The van der Waals surface area contributed by atoms with E-state index in [4.69, 9.17) is 0 Å². The second kappa shape index (κ2) is 34.8. The zero-order valence-electron chi connectivity index (χ0n) is 75.9. The van der Waals surface area contributed by atoms with Crippen molar-refractivity contribution in [2.45, 2.75) is 144 Å². The van der Waals surface area contributed by atoms with Gasteiger partial charge < -0.3 is 54.5 Å². The number of hydrogen-bond acceptors (Lipinski definition) is 17. The normalized spacial score (nSPS) is 18.1. The summed E-state index contributed by atoms with van der Waals surface area (Å²) in [5, 5.41) is 31.6. The minimum absolute atomic E-state index is 0.0103. The van der Waals surface area contributed by atoms with Gasteiger partial charge in [0.15, 0.2) is 17.5 Å². The van der Waals surface area contributed by atoms with Crippen LogP contribution in [0, 0.1) is 79.0 Å². The smallest absolute Gasteiger partial charge is 0.281 e. The Morgan fingerprint density at radius 1 is 0.381 bits per heavy atom. The van der Waals surface area contributed by atoms with Crippen LogP contribution in [0.1, 0.15) is 127 Å². The molecule has 0 unspecified atom stereocenters. The highest BCUT2D eigenvalue weighted by Crippen LogP contribution is 2.52. The van der Waals surface area contributed by atoms with Crippen molar-refractivity contribution in [2.75, 3.05) is 83.3 Å². The van der Waals surface area contributed by atoms with E-state index in [-0.39, 0.29) is 146 Å². The summed E-state index contributed by atoms with van der Waals surface area (Å²) >= 11 is 0. The van der Waals surface area contributed by atoms with Gasteiger partial charge in [-0.1, -0.05) is 79.8 Å². The van der Waals surface area contributed by atoms with Gasteiger partial charge in [-0.05, 0) is 173 Å². The number of rotatable bonds is 11. The van der Waals surface area contributed by atoms with E-state index in [1.165, 1.54) is 54.0 Å². The molecule has 6 aliphatic rings. The number of benzene rings is 6. The third kappa shape index (κ3) is 14.6. The lowest BCUT2D eigenvalue weighted by Gasteiger charge is -2.50. The number of aromatic nitrogens is 6. The topological polar surface area (TPSA) is 277 Å². The van der Waals surface area contributed by atoms with Crippen molar-refractivity contribution < 1.29 is 78.8 Å². The van der Waals surface area contributed by atoms with E-state index in [1.807, 2.05) is 48.5 Å². The van der Waals surface area contributed by atoms with E-state index in [0.29, 0.717) is 52.4 Å². The lowest BCUT2D eigenvalue weighted by atomic mass is 9.89. The van der Waals surface area contributed by atoms with Gasteiger partial charge in [0.2, 0.25) is 17.7 Å². The number of piperidine rings is 1. The summed E-state index contributed by atoms with van der Waals surface area (Å²) < 4.78 is 148. The van der Waals surface area contributed by atoms with E-state index in [2.05, 4.69) is 28.1 Å². The number of phenolic OH excluding ortho intramolecular Hbond substituents is 3. The Labute approximate surface area is 762 Å². The molecule has 12 heterocycles. The Kier molecular flexibility index (Phi) is 24.1. The predicted molar refractivity (Wildman–Crippen MR) is 494 cm³/mol. The molecule has 134 heavy (non-hydrogen) atoms. The van der Waals surface area contributed by atoms with E-state index in [1.54, 1.807) is 86.1 Å². The molecule has 3 N–H and O–H groups in total. The van der Waals surface area contributed by atoms with Crippen molar-refractivity contribution in [3.05, 3.63) is 252 Å². The molecule has 18 rings (SSSR count). The number of amides is 5.